The van der Waals surface area contributed by atoms with Gasteiger partial charge in [0, 0.05) is 5.56 Å². The molecule has 1 rings (SSSR count). The van der Waals surface area contributed by atoms with Gasteiger partial charge >= 0.3 is 0 Å². The van der Waals surface area contributed by atoms with Gasteiger partial charge in [-0.1, -0.05) is 33.4 Å². The molecule has 1 aromatic heterocycles. The minimum atomic E-state index is 0.0638. The van der Waals surface area contributed by atoms with E-state index < -0.39 is 0 Å². The number of rotatable bonds is 1. The van der Waals surface area contributed by atoms with Crippen molar-refractivity contribution in [3.8, 4) is 0 Å². The van der Waals surface area contributed by atoms with Crippen LogP contribution in [-0.2, 0) is 5.41 Å². The van der Waals surface area contributed by atoms with Crippen molar-refractivity contribution in [2.75, 3.05) is 0 Å². The third kappa shape index (κ3) is 1.65. The second-order valence-electron chi connectivity index (χ2n) is 3.74. The van der Waals surface area contributed by atoms with Gasteiger partial charge in [0.05, 0.1) is 11.9 Å². The van der Waals surface area contributed by atoms with Crippen molar-refractivity contribution in [2.45, 2.75) is 26.2 Å². The van der Waals surface area contributed by atoms with Crippen molar-refractivity contribution in [1.29, 1.82) is 0 Å². The zero-order valence-corrected chi connectivity index (χ0v) is 7.81. The largest absolute Gasteiger partial charge is 0.247 e. The summed E-state index contributed by atoms with van der Waals surface area (Å²) in [6.07, 6.45) is 3.37. The molecule has 0 N–H and O–H groups in total. The lowest BCUT2D eigenvalue weighted by Gasteiger charge is -2.17. The first-order valence-electron chi connectivity index (χ1n) is 3.97. The predicted octanol–water partition coefficient (Wildman–Crippen LogP) is 2.62. The van der Waals surface area contributed by atoms with Gasteiger partial charge < -0.3 is 0 Å². The summed E-state index contributed by atoms with van der Waals surface area (Å²) in [6, 6.07) is 5.93. The van der Waals surface area contributed by atoms with Crippen molar-refractivity contribution in [2.24, 2.45) is 0 Å². The molecular formula is C11H13N. The molecule has 0 saturated heterocycles. The molecule has 62 valence electrons. The number of hydrogen-bond donors (Lipinski definition) is 0. The molecule has 0 radical (unpaired) electrons. The first-order valence-corrected chi connectivity index (χ1v) is 3.97. The normalized spacial score (nSPS) is 10.6. The summed E-state index contributed by atoms with van der Waals surface area (Å²) >= 11 is 0. The molecule has 12 heavy (non-hydrogen) atoms. The van der Waals surface area contributed by atoms with Gasteiger partial charge in [0.25, 0.3) is 0 Å². The molecule has 1 heteroatoms. The fourth-order valence-corrected chi connectivity index (χ4v) is 1.06. The molecular weight excluding hydrogens is 146 g/mol. The predicted molar refractivity (Wildman–Crippen MR) is 50.7 cm³/mol. The maximum Gasteiger partial charge on any atom is 0.0777 e. The Kier molecular flexibility index (Phi) is 2.19. The highest BCUT2D eigenvalue weighted by Crippen LogP contribution is 2.22. The van der Waals surface area contributed by atoms with E-state index in [4.69, 9.17) is 0 Å². The molecule has 0 fully saturated rings. The first-order chi connectivity index (χ1) is 5.55. The molecule has 0 amide bonds. The van der Waals surface area contributed by atoms with Gasteiger partial charge in [-0.15, -0.1) is 0 Å². The van der Waals surface area contributed by atoms with Gasteiger partial charge in [-0.2, -0.15) is 0 Å². The summed E-state index contributed by atoms with van der Waals surface area (Å²) in [5, 5.41) is 0. The molecule has 0 aromatic carbocycles. The van der Waals surface area contributed by atoms with Crippen LogP contribution >= 0.6 is 0 Å². The summed E-state index contributed by atoms with van der Waals surface area (Å²) in [6.45, 7) is 10.1. The molecule has 0 atom stereocenters. The summed E-state index contributed by atoms with van der Waals surface area (Å²) in [4.78, 5) is 4.16. The molecule has 1 nitrogen and oxygen atoms in total. The average molecular weight is 159 g/mol. The SMILES string of the molecule is C=Cc1ncc#cc1C(C)(C)C. The van der Waals surface area contributed by atoms with Crippen molar-refractivity contribution in [3.05, 3.63) is 36.2 Å². The van der Waals surface area contributed by atoms with E-state index in [1.165, 1.54) is 0 Å². The van der Waals surface area contributed by atoms with Gasteiger partial charge in [0.2, 0.25) is 0 Å². The van der Waals surface area contributed by atoms with Crippen molar-refractivity contribution >= 4 is 6.08 Å². The van der Waals surface area contributed by atoms with Gasteiger partial charge in [-0.25, -0.2) is 4.98 Å². The van der Waals surface area contributed by atoms with E-state index in [9.17, 15) is 0 Å². The van der Waals surface area contributed by atoms with Crippen LogP contribution in [0.1, 0.15) is 32.0 Å². The van der Waals surface area contributed by atoms with Crippen LogP contribution < -0.4 is 0 Å². The van der Waals surface area contributed by atoms with Crippen LogP contribution in [0, 0.1) is 12.1 Å². The zero-order valence-electron chi connectivity index (χ0n) is 7.81. The highest BCUT2D eigenvalue weighted by atomic mass is 14.7. The maximum absolute atomic E-state index is 4.16. The van der Waals surface area contributed by atoms with E-state index in [1.807, 2.05) is 0 Å². The molecule has 0 saturated carbocycles. The third-order valence-electron chi connectivity index (χ3n) is 1.66. The quantitative estimate of drug-likeness (QED) is 0.613. The van der Waals surface area contributed by atoms with Crippen LogP contribution in [0.3, 0.4) is 0 Å². The average Bonchev–Trinajstić information content (AvgIpc) is 2.03. The van der Waals surface area contributed by atoms with Crippen LogP contribution in [0.15, 0.2) is 12.8 Å². The highest BCUT2D eigenvalue weighted by molar-refractivity contribution is 5.47. The third-order valence-corrected chi connectivity index (χ3v) is 1.66. The van der Waals surface area contributed by atoms with Gasteiger partial charge in [-0.3, -0.25) is 0 Å². The van der Waals surface area contributed by atoms with E-state index in [2.05, 4.69) is 44.5 Å². The number of nitrogens with zero attached hydrogens (tertiary/aromatic N) is 1. The van der Waals surface area contributed by atoms with Crippen molar-refractivity contribution in [1.82, 2.24) is 4.98 Å². The Hall–Kier alpha value is -1.29. The monoisotopic (exact) mass is 159 g/mol. The first kappa shape index (κ1) is 8.80. The zero-order chi connectivity index (χ0) is 9.19. The molecule has 0 bridgehead atoms. The molecule has 1 heterocycles. The Labute approximate surface area is 74.2 Å². The Bertz CT molecular complexity index is 281. The fraction of sp³-hybridized carbons (Fsp3) is 0.364. The minimum Gasteiger partial charge on any atom is -0.247 e. The second-order valence-corrected chi connectivity index (χ2v) is 3.74. The minimum absolute atomic E-state index is 0.0638. The summed E-state index contributed by atoms with van der Waals surface area (Å²) in [5.41, 5.74) is 2.04. The summed E-state index contributed by atoms with van der Waals surface area (Å²) < 4.78 is 0. The summed E-state index contributed by atoms with van der Waals surface area (Å²) in [5.74, 6) is 0. The molecule has 0 aliphatic heterocycles. The van der Waals surface area contributed by atoms with Gasteiger partial charge in [0.15, 0.2) is 0 Å². The Morgan fingerprint density at radius 3 is 2.58 bits per heavy atom. The molecule has 0 unspecified atom stereocenters. The van der Waals surface area contributed by atoms with Crippen LogP contribution in [0.2, 0.25) is 0 Å². The topological polar surface area (TPSA) is 12.9 Å². The Morgan fingerprint density at radius 1 is 1.50 bits per heavy atom. The smallest absolute Gasteiger partial charge is 0.0777 e. The van der Waals surface area contributed by atoms with Gasteiger partial charge in [-0.05, 0) is 17.6 Å². The lowest BCUT2D eigenvalue weighted by atomic mass is 9.87. The maximum atomic E-state index is 4.16. The van der Waals surface area contributed by atoms with Crippen LogP contribution in [0.4, 0.5) is 0 Å². The number of hydrogen-bond acceptors (Lipinski definition) is 1. The Morgan fingerprint density at radius 2 is 2.17 bits per heavy atom. The number of aromatic nitrogens is 1. The molecule has 0 spiro atoms. The second kappa shape index (κ2) is 2.98. The van der Waals surface area contributed by atoms with Crippen LogP contribution in [0.5, 0.6) is 0 Å². The standard InChI is InChI=1S/C11H13N/c1-5-10-9(11(2,3)4)7-6-8-12-10/h5,8H,1H2,2-4H3. The molecule has 0 aliphatic carbocycles. The van der Waals surface area contributed by atoms with E-state index in [0.717, 1.165) is 11.3 Å². The Balaban J connectivity index is 3.23. The van der Waals surface area contributed by atoms with E-state index in [-0.39, 0.29) is 5.41 Å². The van der Waals surface area contributed by atoms with Gasteiger partial charge in [0.1, 0.15) is 0 Å². The lowest BCUT2D eigenvalue weighted by Crippen LogP contribution is -2.12. The molecule has 0 aliphatic rings. The molecule has 1 aromatic rings. The van der Waals surface area contributed by atoms with E-state index in [1.54, 1.807) is 12.3 Å². The fourth-order valence-electron chi connectivity index (χ4n) is 1.06. The van der Waals surface area contributed by atoms with Crippen LogP contribution in [-0.4, -0.2) is 4.98 Å². The van der Waals surface area contributed by atoms with E-state index in [0.29, 0.717) is 0 Å². The van der Waals surface area contributed by atoms with Crippen LogP contribution in [0.25, 0.3) is 6.08 Å². The summed E-state index contributed by atoms with van der Waals surface area (Å²) in [7, 11) is 0. The highest BCUT2D eigenvalue weighted by Gasteiger charge is 2.16. The van der Waals surface area contributed by atoms with E-state index >= 15 is 0 Å². The van der Waals surface area contributed by atoms with Crippen molar-refractivity contribution in [3.63, 3.8) is 0 Å². The lowest BCUT2D eigenvalue weighted by molar-refractivity contribution is 0.586. The van der Waals surface area contributed by atoms with Crippen molar-refractivity contribution < 1.29 is 0 Å².